The van der Waals surface area contributed by atoms with Gasteiger partial charge in [0.05, 0.1) is 14.5 Å². The maximum Gasteiger partial charge on any atom is 0.152 e. The van der Waals surface area contributed by atoms with Gasteiger partial charge in [-0.3, -0.25) is 5.41 Å². The van der Waals surface area contributed by atoms with Gasteiger partial charge in [-0.2, -0.15) is 0 Å². The van der Waals surface area contributed by atoms with E-state index in [4.69, 9.17) is 34.3 Å². The van der Waals surface area contributed by atoms with Crippen LogP contribution in [-0.2, 0) is 0 Å². The first kappa shape index (κ1) is 15.6. The van der Waals surface area contributed by atoms with Crippen LogP contribution in [0.4, 0.5) is 4.39 Å². The fourth-order valence-electron chi connectivity index (χ4n) is 1.49. The van der Waals surface area contributed by atoms with E-state index in [0.717, 1.165) is 4.90 Å². The molecule has 104 valence electrons. The van der Waals surface area contributed by atoms with Crippen molar-refractivity contribution >= 4 is 56.7 Å². The fraction of sp³-hybridized carbons (Fsp3) is 0. The Morgan fingerprint density at radius 2 is 1.90 bits per heavy atom. The molecular formula is C13H8BrCl2FN2S. The molecule has 2 nitrogen and oxygen atoms in total. The largest absolute Gasteiger partial charge is 0.384 e. The molecule has 0 aliphatic heterocycles. The number of hydrogen-bond donors (Lipinski definition) is 2. The Kier molecular flexibility index (Phi) is 4.96. The summed E-state index contributed by atoms with van der Waals surface area (Å²) in [5, 5.41) is 8.22. The normalized spacial score (nSPS) is 10.6. The molecule has 0 unspecified atom stereocenters. The third-order valence-electron chi connectivity index (χ3n) is 2.46. The zero-order valence-corrected chi connectivity index (χ0v) is 13.8. The molecule has 2 aromatic rings. The minimum absolute atomic E-state index is 0.176. The van der Waals surface area contributed by atoms with Crippen LogP contribution in [0.25, 0.3) is 0 Å². The van der Waals surface area contributed by atoms with Crippen molar-refractivity contribution in [2.24, 2.45) is 5.73 Å². The van der Waals surface area contributed by atoms with E-state index in [1.165, 1.54) is 11.8 Å². The first-order chi connectivity index (χ1) is 9.40. The molecule has 0 aromatic heterocycles. The second kappa shape index (κ2) is 6.35. The SMILES string of the molecule is N=C(N)c1ccc(Sc2ccc(Cl)c(Cl)c2)c(F)c1Br. The molecule has 0 aliphatic rings. The van der Waals surface area contributed by atoms with Crippen molar-refractivity contribution in [1.82, 2.24) is 0 Å². The lowest BCUT2D eigenvalue weighted by atomic mass is 10.2. The van der Waals surface area contributed by atoms with E-state index in [2.05, 4.69) is 15.9 Å². The molecule has 3 N–H and O–H groups in total. The zero-order chi connectivity index (χ0) is 14.9. The highest BCUT2D eigenvalue weighted by molar-refractivity contribution is 9.10. The highest BCUT2D eigenvalue weighted by Gasteiger charge is 2.14. The van der Waals surface area contributed by atoms with Gasteiger partial charge in [-0.15, -0.1) is 0 Å². The maximum atomic E-state index is 14.2. The van der Waals surface area contributed by atoms with Gasteiger partial charge in [-0.05, 0) is 46.3 Å². The van der Waals surface area contributed by atoms with Crippen molar-refractivity contribution in [3.05, 3.63) is 56.2 Å². The number of rotatable bonds is 3. The van der Waals surface area contributed by atoms with Crippen LogP contribution in [0.1, 0.15) is 5.56 Å². The first-order valence-corrected chi connectivity index (χ1v) is 7.72. The van der Waals surface area contributed by atoms with E-state index in [1.54, 1.807) is 30.3 Å². The second-order valence-electron chi connectivity index (χ2n) is 3.83. The molecule has 0 bridgehead atoms. The molecule has 0 heterocycles. The van der Waals surface area contributed by atoms with Gasteiger partial charge >= 0.3 is 0 Å². The summed E-state index contributed by atoms with van der Waals surface area (Å²) in [5.41, 5.74) is 5.69. The van der Waals surface area contributed by atoms with E-state index in [1.807, 2.05) is 0 Å². The average Bonchev–Trinajstić information content (AvgIpc) is 2.39. The van der Waals surface area contributed by atoms with Crippen LogP contribution in [0.15, 0.2) is 44.6 Å². The second-order valence-corrected chi connectivity index (χ2v) is 6.55. The summed E-state index contributed by atoms with van der Waals surface area (Å²) in [6.45, 7) is 0. The van der Waals surface area contributed by atoms with Crippen LogP contribution < -0.4 is 5.73 Å². The molecule has 0 radical (unpaired) electrons. The standard InChI is InChI=1S/C13H8BrCl2FN2S/c14-11-7(13(18)19)2-4-10(12(11)17)20-6-1-3-8(15)9(16)5-6/h1-5H,(H3,18,19). The Morgan fingerprint density at radius 1 is 1.20 bits per heavy atom. The van der Waals surface area contributed by atoms with Crippen molar-refractivity contribution in [2.45, 2.75) is 9.79 Å². The summed E-state index contributed by atoms with van der Waals surface area (Å²) in [4.78, 5) is 1.17. The highest BCUT2D eigenvalue weighted by Crippen LogP contribution is 2.36. The number of benzene rings is 2. The summed E-state index contributed by atoms with van der Waals surface area (Å²) in [6, 6.07) is 8.24. The van der Waals surface area contributed by atoms with Crippen molar-refractivity contribution in [1.29, 1.82) is 5.41 Å². The number of halogens is 4. The van der Waals surface area contributed by atoms with Crippen molar-refractivity contribution in [3.63, 3.8) is 0 Å². The highest BCUT2D eigenvalue weighted by atomic mass is 79.9. The molecule has 2 rings (SSSR count). The molecule has 0 saturated heterocycles. The molecule has 20 heavy (non-hydrogen) atoms. The van der Waals surface area contributed by atoms with Crippen LogP contribution in [0.2, 0.25) is 10.0 Å². The summed E-state index contributed by atoms with van der Waals surface area (Å²) >= 11 is 16.1. The lowest BCUT2D eigenvalue weighted by Gasteiger charge is -2.09. The van der Waals surface area contributed by atoms with Crippen LogP contribution in [0.3, 0.4) is 0 Å². The van der Waals surface area contributed by atoms with Gasteiger partial charge in [0, 0.05) is 15.4 Å². The quantitative estimate of drug-likeness (QED) is 0.546. The summed E-state index contributed by atoms with van der Waals surface area (Å²) in [7, 11) is 0. The predicted molar refractivity (Wildman–Crippen MR) is 85.7 cm³/mol. The monoisotopic (exact) mass is 392 g/mol. The van der Waals surface area contributed by atoms with E-state index in [0.29, 0.717) is 20.5 Å². The Labute approximate surface area is 138 Å². The van der Waals surface area contributed by atoms with Gasteiger partial charge < -0.3 is 5.73 Å². The Bertz CT molecular complexity index is 694. The molecule has 7 heteroatoms. The van der Waals surface area contributed by atoms with Gasteiger partial charge in [0.15, 0.2) is 5.82 Å². The Hall–Kier alpha value is -0.750. The zero-order valence-electron chi connectivity index (χ0n) is 9.88. The minimum atomic E-state index is -0.464. The molecule has 0 fully saturated rings. The molecule has 0 atom stereocenters. The number of nitrogens with two attached hydrogens (primary N) is 1. The van der Waals surface area contributed by atoms with Gasteiger partial charge in [-0.25, -0.2) is 4.39 Å². The van der Waals surface area contributed by atoms with Crippen LogP contribution in [-0.4, -0.2) is 5.84 Å². The summed E-state index contributed by atoms with van der Waals surface area (Å²) in [6.07, 6.45) is 0. The number of nitrogen functional groups attached to an aromatic ring is 1. The molecule has 0 spiro atoms. The third-order valence-corrected chi connectivity index (χ3v) is 5.00. The lowest BCUT2D eigenvalue weighted by molar-refractivity contribution is 0.594. The van der Waals surface area contributed by atoms with Crippen molar-refractivity contribution in [2.75, 3.05) is 0 Å². The van der Waals surface area contributed by atoms with E-state index in [-0.39, 0.29) is 10.3 Å². The van der Waals surface area contributed by atoms with Crippen LogP contribution in [0, 0.1) is 11.2 Å². The Balaban J connectivity index is 2.37. The molecule has 2 aromatic carbocycles. The fourth-order valence-corrected chi connectivity index (χ4v) is 3.43. The first-order valence-electron chi connectivity index (χ1n) is 5.35. The summed E-state index contributed by atoms with van der Waals surface area (Å²) in [5.74, 6) is -0.657. The van der Waals surface area contributed by atoms with Gasteiger partial charge in [0.25, 0.3) is 0 Å². The topological polar surface area (TPSA) is 49.9 Å². The Morgan fingerprint density at radius 3 is 2.50 bits per heavy atom. The number of amidine groups is 1. The van der Waals surface area contributed by atoms with E-state index >= 15 is 0 Å². The third kappa shape index (κ3) is 3.28. The molecular weight excluding hydrogens is 386 g/mol. The average molecular weight is 394 g/mol. The predicted octanol–water partition coefficient (Wildman–Crippen LogP) is 5.33. The van der Waals surface area contributed by atoms with E-state index < -0.39 is 5.82 Å². The lowest BCUT2D eigenvalue weighted by Crippen LogP contribution is -2.12. The smallest absolute Gasteiger partial charge is 0.152 e. The van der Waals surface area contributed by atoms with E-state index in [9.17, 15) is 4.39 Å². The molecule has 0 saturated carbocycles. The van der Waals surface area contributed by atoms with Crippen molar-refractivity contribution in [3.8, 4) is 0 Å². The van der Waals surface area contributed by atoms with Crippen molar-refractivity contribution < 1.29 is 4.39 Å². The maximum absolute atomic E-state index is 14.2. The van der Waals surface area contributed by atoms with Crippen LogP contribution >= 0.6 is 50.9 Å². The molecule has 0 aliphatic carbocycles. The summed E-state index contributed by atoms with van der Waals surface area (Å²) < 4.78 is 14.4. The van der Waals surface area contributed by atoms with Gasteiger partial charge in [0.1, 0.15) is 5.84 Å². The van der Waals surface area contributed by atoms with Gasteiger partial charge in [0.2, 0.25) is 0 Å². The number of nitrogens with one attached hydrogen (secondary N) is 1. The minimum Gasteiger partial charge on any atom is -0.384 e. The number of hydrogen-bond acceptors (Lipinski definition) is 2. The van der Waals surface area contributed by atoms with Crippen LogP contribution in [0.5, 0.6) is 0 Å². The van der Waals surface area contributed by atoms with Gasteiger partial charge in [-0.1, -0.05) is 35.0 Å². The molecule has 0 amide bonds.